The summed E-state index contributed by atoms with van der Waals surface area (Å²) in [4.78, 5) is 26.3. The van der Waals surface area contributed by atoms with Crippen LogP contribution in [0.2, 0.25) is 0 Å². The molecule has 33 heavy (non-hydrogen) atoms. The second-order valence-corrected chi connectivity index (χ2v) is 9.12. The zero-order valence-electron chi connectivity index (χ0n) is 20.6. The number of aromatic nitrogens is 2. The lowest BCUT2D eigenvalue weighted by atomic mass is 9.92. The number of aryl methyl sites for hydroxylation is 2. The molecule has 3 rings (SSSR count). The van der Waals surface area contributed by atoms with Crippen LogP contribution in [0.3, 0.4) is 0 Å². The van der Waals surface area contributed by atoms with Crippen molar-refractivity contribution in [3.8, 4) is 17.2 Å². The molecule has 1 fully saturated rings. The van der Waals surface area contributed by atoms with Gasteiger partial charge in [-0.3, -0.25) is 19.3 Å². The van der Waals surface area contributed by atoms with Crippen LogP contribution < -0.4 is 14.2 Å². The number of carbonyl (C=O) groups is 2. The molecule has 1 aromatic carbocycles. The summed E-state index contributed by atoms with van der Waals surface area (Å²) >= 11 is 0. The fraction of sp³-hybridized carbons (Fsp3) is 0.542. The molecule has 0 aliphatic carbocycles. The highest BCUT2D eigenvalue weighted by Gasteiger charge is 2.33. The normalized spacial score (nSPS) is 13.9. The van der Waals surface area contributed by atoms with E-state index in [0.717, 1.165) is 17.7 Å². The van der Waals surface area contributed by atoms with Gasteiger partial charge in [-0.25, -0.2) is 5.01 Å². The van der Waals surface area contributed by atoms with Gasteiger partial charge in [0.25, 0.3) is 5.91 Å². The van der Waals surface area contributed by atoms with E-state index in [-0.39, 0.29) is 23.7 Å². The van der Waals surface area contributed by atoms with E-state index in [1.54, 1.807) is 43.1 Å². The summed E-state index contributed by atoms with van der Waals surface area (Å²) in [5.41, 5.74) is 2.03. The molecular weight excluding hydrogens is 424 g/mol. The van der Waals surface area contributed by atoms with E-state index in [1.165, 1.54) is 0 Å². The molecule has 1 aliphatic heterocycles. The van der Waals surface area contributed by atoms with Gasteiger partial charge in [-0.15, -0.1) is 0 Å². The van der Waals surface area contributed by atoms with E-state index in [2.05, 4.69) is 25.9 Å². The zero-order valence-corrected chi connectivity index (χ0v) is 20.6. The third kappa shape index (κ3) is 5.07. The molecule has 2 aromatic rings. The number of hydrogen-bond donors (Lipinski definition) is 0. The van der Waals surface area contributed by atoms with Crippen molar-refractivity contribution >= 4 is 11.8 Å². The Morgan fingerprint density at radius 2 is 1.58 bits per heavy atom. The van der Waals surface area contributed by atoms with Crippen molar-refractivity contribution in [2.24, 2.45) is 7.05 Å². The molecule has 2 heterocycles. The SMILES string of the molecule is COc1cc(CCC(=O)N2CCCN2C(=O)c2cc(C(C)(C)C)nn2C)cc(OC)c1OC. The number of hydrazine groups is 1. The van der Waals surface area contributed by atoms with Crippen molar-refractivity contribution in [1.82, 2.24) is 19.8 Å². The fourth-order valence-electron chi connectivity index (χ4n) is 3.91. The minimum absolute atomic E-state index is 0.104. The predicted octanol–water partition coefficient (Wildman–Crippen LogP) is 2.97. The van der Waals surface area contributed by atoms with E-state index in [9.17, 15) is 9.59 Å². The summed E-state index contributed by atoms with van der Waals surface area (Å²) in [5, 5.41) is 7.60. The van der Waals surface area contributed by atoms with E-state index in [4.69, 9.17) is 14.2 Å². The quantitative estimate of drug-likeness (QED) is 0.634. The zero-order chi connectivity index (χ0) is 24.3. The van der Waals surface area contributed by atoms with Crippen molar-refractivity contribution in [1.29, 1.82) is 0 Å². The Bertz CT molecular complexity index is 999. The summed E-state index contributed by atoms with van der Waals surface area (Å²) in [6.07, 6.45) is 1.47. The van der Waals surface area contributed by atoms with E-state index < -0.39 is 0 Å². The van der Waals surface area contributed by atoms with Gasteiger partial charge in [0.05, 0.1) is 27.0 Å². The molecule has 0 N–H and O–H groups in total. The van der Waals surface area contributed by atoms with Crippen LogP contribution >= 0.6 is 0 Å². The number of rotatable bonds is 7. The van der Waals surface area contributed by atoms with Gasteiger partial charge in [0, 0.05) is 32.0 Å². The molecule has 0 atom stereocenters. The van der Waals surface area contributed by atoms with Crippen molar-refractivity contribution in [3.63, 3.8) is 0 Å². The first-order chi connectivity index (χ1) is 15.6. The van der Waals surface area contributed by atoms with Gasteiger partial charge >= 0.3 is 0 Å². The van der Waals surface area contributed by atoms with Gasteiger partial charge in [0.15, 0.2) is 11.5 Å². The Morgan fingerprint density at radius 3 is 2.09 bits per heavy atom. The molecule has 2 amide bonds. The minimum Gasteiger partial charge on any atom is -0.493 e. The monoisotopic (exact) mass is 458 g/mol. The maximum Gasteiger partial charge on any atom is 0.290 e. The third-order valence-electron chi connectivity index (χ3n) is 5.77. The number of amides is 2. The smallest absolute Gasteiger partial charge is 0.290 e. The molecule has 9 heteroatoms. The van der Waals surface area contributed by atoms with Crippen LogP contribution in [0.1, 0.15) is 55.4 Å². The molecule has 9 nitrogen and oxygen atoms in total. The van der Waals surface area contributed by atoms with Crippen LogP contribution in [0.4, 0.5) is 0 Å². The maximum atomic E-state index is 13.3. The Morgan fingerprint density at radius 1 is 0.970 bits per heavy atom. The highest BCUT2D eigenvalue weighted by atomic mass is 16.5. The summed E-state index contributed by atoms with van der Waals surface area (Å²) < 4.78 is 17.8. The van der Waals surface area contributed by atoms with E-state index in [1.807, 2.05) is 18.2 Å². The van der Waals surface area contributed by atoms with Crippen LogP contribution in [0, 0.1) is 0 Å². The summed E-state index contributed by atoms with van der Waals surface area (Å²) in [7, 11) is 6.43. The minimum atomic E-state index is -0.209. The molecular formula is C24H34N4O5. The Hall–Kier alpha value is -3.23. The molecule has 180 valence electrons. The first kappa shape index (κ1) is 24.4. The van der Waals surface area contributed by atoms with E-state index in [0.29, 0.717) is 42.5 Å². The summed E-state index contributed by atoms with van der Waals surface area (Å²) in [5.74, 6) is 1.29. The van der Waals surface area contributed by atoms with Gasteiger partial charge < -0.3 is 14.2 Å². The Kier molecular flexibility index (Phi) is 7.19. The largest absolute Gasteiger partial charge is 0.493 e. The molecule has 1 aromatic heterocycles. The Balaban J connectivity index is 1.73. The van der Waals surface area contributed by atoms with Gasteiger partial charge in [0.2, 0.25) is 11.7 Å². The molecule has 0 bridgehead atoms. The van der Waals surface area contributed by atoms with Crippen molar-refractivity contribution in [2.45, 2.75) is 45.4 Å². The lowest BCUT2D eigenvalue weighted by Gasteiger charge is -2.28. The highest BCUT2D eigenvalue weighted by molar-refractivity contribution is 5.94. The molecule has 0 saturated carbocycles. The van der Waals surface area contributed by atoms with Gasteiger partial charge in [-0.1, -0.05) is 20.8 Å². The lowest BCUT2D eigenvalue weighted by molar-refractivity contribution is -0.140. The first-order valence-corrected chi connectivity index (χ1v) is 11.1. The average molecular weight is 459 g/mol. The topological polar surface area (TPSA) is 86.1 Å². The van der Waals surface area contributed by atoms with Crippen LogP contribution in [0.5, 0.6) is 17.2 Å². The molecule has 0 spiro atoms. The summed E-state index contributed by atoms with van der Waals surface area (Å²) in [6.45, 7) is 7.18. The second-order valence-electron chi connectivity index (χ2n) is 9.12. The third-order valence-corrected chi connectivity index (χ3v) is 5.77. The van der Waals surface area contributed by atoms with E-state index >= 15 is 0 Å². The number of ether oxygens (including phenoxy) is 3. The van der Waals surface area contributed by atoms with Crippen molar-refractivity contribution in [3.05, 3.63) is 35.2 Å². The lowest BCUT2D eigenvalue weighted by Crippen LogP contribution is -2.45. The highest BCUT2D eigenvalue weighted by Crippen LogP contribution is 2.38. The van der Waals surface area contributed by atoms with Crippen molar-refractivity contribution < 1.29 is 23.8 Å². The Labute approximate surface area is 195 Å². The van der Waals surface area contributed by atoms with Crippen LogP contribution in [-0.2, 0) is 23.7 Å². The van der Waals surface area contributed by atoms with Crippen LogP contribution in [-0.4, -0.2) is 66.0 Å². The number of hydrogen-bond acceptors (Lipinski definition) is 6. The standard InChI is InChI=1S/C24H34N4O5/c1-24(2,3)20-15-17(26(4)25-20)23(30)28-12-8-11-27(28)21(29)10-9-16-13-18(31-5)22(33-7)19(14-16)32-6/h13-15H,8-12H2,1-7H3. The van der Waals surface area contributed by atoms with Gasteiger partial charge in [0.1, 0.15) is 5.69 Å². The molecule has 0 unspecified atom stereocenters. The van der Waals surface area contributed by atoms with Crippen LogP contribution in [0.15, 0.2) is 18.2 Å². The first-order valence-electron chi connectivity index (χ1n) is 11.1. The summed E-state index contributed by atoms with van der Waals surface area (Å²) in [6, 6.07) is 5.50. The van der Waals surface area contributed by atoms with Crippen molar-refractivity contribution in [2.75, 3.05) is 34.4 Å². The number of methoxy groups -OCH3 is 3. The second kappa shape index (κ2) is 9.72. The van der Waals surface area contributed by atoms with Gasteiger partial charge in [-0.05, 0) is 36.6 Å². The average Bonchev–Trinajstić information content (AvgIpc) is 3.43. The predicted molar refractivity (Wildman–Crippen MR) is 124 cm³/mol. The fourth-order valence-corrected chi connectivity index (χ4v) is 3.91. The number of benzene rings is 1. The maximum absolute atomic E-state index is 13.3. The van der Waals surface area contributed by atoms with Crippen LogP contribution in [0.25, 0.3) is 0 Å². The molecule has 1 saturated heterocycles. The number of nitrogens with zero attached hydrogens (tertiary/aromatic N) is 4. The van der Waals surface area contributed by atoms with Gasteiger partial charge in [-0.2, -0.15) is 5.10 Å². The number of carbonyl (C=O) groups excluding carboxylic acids is 2. The molecule has 0 radical (unpaired) electrons. The molecule has 1 aliphatic rings.